The standard InChI is InChI=1S/C58H36N2S/c1-2-16-44-37(12-1)13-10-20-45(44)41-14-9-15-43(34-41)60-53-23-7-4-18-48(53)51-36-40(29-33-55(51)60)39-28-32-54-50(35-39)47-17-3-6-22-52(47)59(54)42-30-26-38(27-31-42)46-21-11-25-57-58(46)49-19-5-8-24-56(49)61-57/h1-36H. The highest BCUT2D eigenvalue weighted by atomic mass is 32.1. The van der Waals surface area contributed by atoms with Crippen molar-refractivity contribution in [2.75, 3.05) is 0 Å². The van der Waals surface area contributed by atoms with Gasteiger partial charge in [0.15, 0.2) is 0 Å². The first-order valence-corrected chi connectivity index (χ1v) is 21.7. The molecule has 0 amide bonds. The van der Waals surface area contributed by atoms with E-state index < -0.39 is 0 Å². The van der Waals surface area contributed by atoms with Crippen LogP contribution in [0.1, 0.15) is 0 Å². The van der Waals surface area contributed by atoms with Gasteiger partial charge in [0.25, 0.3) is 0 Å². The van der Waals surface area contributed by atoms with Crippen LogP contribution in [0.4, 0.5) is 0 Å². The van der Waals surface area contributed by atoms with Gasteiger partial charge in [0.1, 0.15) is 0 Å². The zero-order valence-corrected chi connectivity index (χ0v) is 33.9. The lowest BCUT2D eigenvalue weighted by atomic mass is 9.98. The molecule has 0 aliphatic carbocycles. The molecule has 13 rings (SSSR count). The normalized spacial score (nSPS) is 11.9. The average molecular weight is 793 g/mol. The third-order valence-corrected chi connectivity index (χ3v) is 13.9. The van der Waals surface area contributed by atoms with Gasteiger partial charge in [0, 0.05) is 53.1 Å². The van der Waals surface area contributed by atoms with Crippen LogP contribution in [-0.2, 0) is 0 Å². The lowest BCUT2D eigenvalue weighted by Gasteiger charge is -2.12. The molecule has 3 heterocycles. The molecule has 0 aliphatic rings. The van der Waals surface area contributed by atoms with Crippen molar-refractivity contribution in [3.05, 3.63) is 218 Å². The van der Waals surface area contributed by atoms with Crippen LogP contribution in [0.25, 0.3) is 119 Å². The van der Waals surface area contributed by atoms with Gasteiger partial charge < -0.3 is 9.13 Å². The van der Waals surface area contributed by atoms with Crippen LogP contribution in [0.3, 0.4) is 0 Å². The number of aromatic nitrogens is 2. The van der Waals surface area contributed by atoms with Crippen LogP contribution >= 0.6 is 11.3 Å². The Morgan fingerprint density at radius 2 is 0.803 bits per heavy atom. The second-order valence-electron chi connectivity index (χ2n) is 16.1. The molecular formula is C58H36N2S. The van der Waals surface area contributed by atoms with Crippen molar-refractivity contribution in [3.8, 4) is 44.8 Å². The van der Waals surface area contributed by atoms with Crippen molar-refractivity contribution in [1.29, 1.82) is 0 Å². The maximum atomic E-state index is 2.42. The summed E-state index contributed by atoms with van der Waals surface area (Å²) in [5.74, 6) is 0. The predicted octanol–water partition coefficient (Wildman–Crippen LogP) is 16.4. The fourth-order valence-corrected chi connectivity index (χ4v) is 11.1. The maximum Gasteiger partial charge on any atom is 0.0541 e. The van der Waals surface area contributed by atoms with E-state index in [0.717, 1.165) is 11.4 Å². The molecule has 0 fully saturated rings. The number of hydrogen-bond donors (Lipinski definition) is 0. The number of nitrogens with zero attached hydrogens (tertiary/aromatic N) is 2. The van der Waals surface area contributed by atoms with E-state index in [0.29, 0.717) is 0 Å². The van der Waals surface area contributed by atoms with Crippen LogP contribution in [-0.4, -0.2) is 9.13 Å². The van der Waals surface area contributed by atoms with E-state index in [9.17, 15) is 0 Å². The molecule has 0 aliphatic heterocycles. The molecule has 2 nitrogen and oxygen atoms in total. The molecule has 0 unspecified atom stereocenters. The SMILES string of the molecule is c1cc(-c2cccc3ccccc23)cc(-n2c3ccccc3c3cc(-c4ccc5c(c4)c4ccccc4n5-c4ccc(-c5cccc6sc7ccccc7c56)cc4)ccc32)c1. The Morgan fingerprint density at radius 1 is 0.279 bits per heavy atom. The molecule has 10 aromatic carbocycles. The fraction of sp³-hybridized carbons (Fsp3) is 0. The molecule has 0 saturated carbocycles. The number of thiophene rings is 1. The van der Waals surface area contributed by atoms with Crippen LogP contribution in [0, 0.1) is 0 Å². The summed E-state index contributed by atoms with van der Waals surface area (Å²) >= 11 is 1.87. The summed E-state index contributed by atoms with van der Waals surface area (Å²) in [7, 11) is 0. The van der Waals surface area contributed by atoms with E-state index in [1.165, 1.54) is 108 Å². The molecule has 0 spiro atoms. The number of fused-ring (bicyclic) bond motifs is 10. The molecule has 284 valence electrons. The molecule has 3 aromatic heterocycles. The summed E-state index contributed by atoms with van der Waals surface area (Å²) in [6.07, 6.45) is 0. The maximum absolute atomic E-state index is 2.42. The minimum atomic E-state index is 1.16. The van der Waals surface area contributed by atoms with Crippen molar-refractivity contribution in [2.24, 2.45) is 0 Å². The van der Waals surface area contributed by atoms with Gasteiger partial charge in [-0.1, -0.05) is 146 Å². The lowest BCUT2D eigenvalue weighted by Crippen LogP contribution is -1.94. The summed E-state index contributed by atoms with van der Waals surface area (Å²) in [4.78, 5) is 0. The largest absolute Gasteiger partial charge is 0.309 e. The van der Waals surface area contributed by atoms with Crippen molar-refractivity contribution in [1.82, 2.24) is 9.13 Å². The van der Waals surface area contributed by atoms with E-state index in [-0.39, 0.29) is 0 Å². The number of rotatable bonds is 5. The van der Waals surface area contributed by atoms with Gasteiger partial charge in [-0.05, 0) is 117 Å². The molecule has 0 radical (unpaired) electrons. The Labute approximate surface area is 356 Å². The summed E-state index contributed by atoms with van der Waals surface area (Å²) < 4.78 is 7.50. The van der Waals surface area contributed by atoms with Crippen molar-refractivity contribution >= 4 is 85.9 Å². The van der Waals surface area contributed by atoms with E-state index in [4.69, 9.17) is 0 Å². The van der Waals surface area contributed by atoms with Gasteiger partial charge in [-0.2, -0.15) is 0 Å². The van der Waals surface area contributed by atoms with Gasteiger partial charge in [-0.15, -0.1) is 11.3 Å². The molecule has 61 heavy (non-hydrogen) atoms. The highest BCUT2D eigenvalue weighted by Crippen LogP contribution is 2.42. The van der Waals surface area contributed by atoms with Gasteiger partial charge in [-0.3, -0.25) is 0 Å². The second kappa shape index (κ2) is 13.4. The molecule has 3 heteroatoms. The van der Waals surface area contributed by atoms with E-state index >= 15 is 0 Å². The van der Waals surface area contributed by atoms with E-state index in [2.05, 4.69) is 228 Å². The first kappa shape index (κ1) is 34.2. The first-order valence-electron chi connectivity index (χ1n) is 20.9. The van der Waals surface area contributed by atoms with Gasteiger partial charge in [0.2, 0.25) is 0 Å². The van der Waals surface area contributed by atoms with Crippen LogP contribution in [0.15, 0.2) is 218 Å². The molecule has 0 bridgehead atoms. The Bertz CT molecular complexity index is 3870. The van der Waals surface area contributed by atoms with Gasteiger partial charge in [-0.25, -0.2) is 0 Å². The second-order valence-corrected chi connectivity index (χ2v) is 17.2. The third-order valence-electron chi connectivity index (χ3n) is 12.7. The Morgan fingerprint density at radius 3 is 1.54 bits per heavy atom. The van der Waals surface area contributed by atoms with Gasteiger partial charge >= 0.3 is 0 Å². The molecule has 0 atom stereocenters. The van der Waals surface area contributed by atoms with Crippen molar-refractivity contribution < 1.29 is 0 Å². The van der Waals surface area contributed by atoms with Crippen LogP contribution in [0.5, 0.6) is 0 Å². The Balaban J connectivity index is 0.912. The van der Waals surface area contributed by atoms with Gasteiger partial charge in [0.05, 0.1) is 22.1 Å². The highest BCUT2D eigenvalue weighted by molar-refractivity contribution is 7.25. The quantitative estimate of drug-likeness (QED) is 0.164. The smallest absolute Gasteiger partial charge is 0.0541 e. The zero-order valence-electron chi connectivity index (χ0n) is 33.1. The third kappa shape index (κ3) is 5.28. The summed E-state index contributed by atoms with van der Waals surface area (Å²) in [6.45, 7) is 0. The topological polar surface area (TPSA) is 9.86 Å². The first-order chi connectivity index (χ1) is 30.2. The summed E-state index contributed by atoms with van der Waals surface area (Å²) in [6, 6.07) is 80.4. The van der Waals surface area contributed by atoms with E-state index in [1.54, 1.807) is 0 Å². The summed E-state index contributed by atoms with van der Waals surface area (Å²) in [5.41, 5.74) is 14.5. The molecule has 13 aromatic rings. The molecular weight excluding hydrogens is 757 g/mol. The summed E-state index contributed by atoms with van der Waals surface area (Å²) in [5, 5.41) is 10.2. The van der Waals surface area contributed by atoms with Crippen LogP contribution in [0.2, 0.25) is 0 Å². The average Bonchev–Trinajstić information content (AvgIpc) is 3.99. The Hall–Kier alpha value is -7.72. The minimum absolute atomic E-state index is 1.16. The molecule has 0 saturated heterocycles. The van der Waals surface area contributed by atoms with Crippen molar-refractivity contribution in [2.45, 2.75) is 0 Å². The number of hydrogen-bond acceptors (Lipinski definition) is 1. The predicted molar refractivity (Wildman–Crippen MR) is 262 cm³/mol. The van der Waals surface area contributed by atoms with E-state index in [1.807, 2.05) is 11.3 Å². The minimum Gasteiger partial charge on any atom is -0.309 e. The van der Waals surface area contributed by atoms with Crippen LogP contribution < -0.4 is 0 Å². The highest BCUT2D eigenvalue weighted by Gasteiger charge is 2.18. The monoisotopic (exact) mass is 792 g/mol. The lowest BCUT2D eigenvalue weighted by molar-refractivity contribution is 1.18. The fourth-order valence-electron chi connectivity index (χ4n) is 9.96. The van der Waals surface area contributed by atoms with Crippen molar-refractivity contribution in [3.63, 3.8) is 0 Å². The zero-order chi connectivity index (χ0) is 40.0. The number of para-hydroxylation sites is 2. The molecule has 0 N–H and O–H groups in total. The Kier molecular flexibility index (Phi) is 7.51. The number of benzene rings is 10.